The first-order valence-electron chi connectivity index (χ1n) is 10.5. The molecule has 2 N–H and O–H groups in total. The van der Waals surface area contributed by atoms with Gasteiger partial charge in [-0.15, -0.1) is 11.3 Å². The number of amides is 3. The number of aromatic nitrogens is 2. The van der Waals surface area contributed by atoms with Crippen molar-refractivity contribution >= 4 is 45.3 Å². The number of carbonyl (C=O) groups is 2. The van der Waals surface area contributed by atoms with Gasteiger partial charge >= 0.3 is 6.03 Å². The Morgan fingerprint density at radius 2 is 1.76 bits per heavy atom. The van der Waals surface area contributed by atoms with E-state index in [-0.39, 0.29) is 17.4 Å². The van der Waals surface area contributed by atoms with Crippen LogP contribution < -0.4 is 16.2 Å². The number of urea groups is 1. The predicted molar refractivity (Wildman–Crippen MR) is 131 cm³/mol. The molecule has 7 nitrogen and oxygen atoms in total. The molecule has 0 bridgehead atoms. The molecule has 2 heterocycles. The Balaban J connectivity index is 1.48. The summed E-state index contributed by atoms with van der Waals surface area (Å²) < 4.78 is 1.52. The molecular formula is C24H20N4O3S2. The van der Waals surface area contributed by atoms with E-state index in [2.05, 4.69) is 10.6 Å². The maximum atomic E-state index is 13.5. The van der Waals surface area contributed by atoms with Gasteiger partial charge in [-0.25, -0.2) is 9.78 Å². The van der Waals surface area contributed by atoms with Crippen LogP contribution in [0.2, 0.25) is 0 Å². The molecule has 2 aromatic heterocycles. The Labute approximate surface area is 197 Å². The molecule has 0 unspecified atom stereocenters. The molecule has 1 fully saturated rings. The summed E-state index contributed by atoms with van der Waals surface area (Å²) in [5.41, 5.74) is 1.49. The molecule has 0 radical (unpaired) electrons. The van der Waals surface area contributed by atoms with Crippen molar-refractivity contribution in [3.63, 3.8) is 0 Å². The van der Waals surface area contributed by atoms with E-state index >= 15 is 0 Å². The average molecular weight is 477 g/mol. The lowest BCUT2D eigenvalue weighted by atomic mass is 10.2. The van der Waals surface area contributed by atoms with E-state index in [1.807, 2.05) is 66.7 Å². The van der Waals surface area contributed by atoms with Gasteiger partial charge in [0.2, 0.25) is 5.91 Å². The molecule has 166 valence electrons. The highest BCUT2D eigenvalue weighted by Gasteiger charge is 2.24. The summed E-state index contributed by atoms with van der Waals surface area (Å²) in [5, 5.41) is 5.99. The number of fused-ring (bicyclic) bond motifs is 1. The van der Waals surface area contributed by atoms with Crippen molar-refractivity contribution in [1.82, 2.24) is 20.2 Å². The smallest absolute Gasteiger partial charge is 0.321 e. The molecule has 5 rings (SSSR count). The number of thioether (sulfide) groups is 1. The Kier molecular flexibility index (Phi) is 5.97. The predicted octanol–water partition coefficient (Wildman–Crippen LogP) is 4.19. The molecule has 0 atom stereocenters. The van der Waals surface area contributed by atoms with Crippen molar-refractivity contribution in [2.24, 2.45) is 0 Å². The molecule has 2 aromatic carbocycles. The standard InChI is InChI=1S/C24H20N4O3S2/c29-20(26-23(31)25-16-11-12-16)14-32-24-27-21-18(13-19(33-21)15-7-3-1-4-8-15)22(30)28(24)17-9-5-2-6-10-17/h1-10,13,16H,11-12,14H2,(H2,25,26,29,31). The van der Waals surface area contributed by atoms with Crippen LogP contribution in [0.15, 0.2) is 76.7 Å². The fourth-order valence-electron chi connectivity index (χ4n) is 3.35. The third kappa shape index (κ3) is 4.84. The van der Waals surface area contributed by atoms with Crippen LogP contribution in [-0.4, -0.2) is 33.3 Å². The van der Waals surface area contributed by atoms with Crippen LogP contribution in [0.3, 0.4) is 0 Å². The van der Waals surface area contributed by atoms with Crippen LogP contribution in [0.5, 0.6) is 0 Å². The quantitative estimate of drug-likeness (QED) is 0.321. The lowest BCUT2D eigenvalue weighted by Crippen LogP contribution is -2.41. The molecule has 33 heavy (non-hydrogen) atoms. The number of nitrogens with one attached hydrogen (secondary N) is 2. The minimum absolute atomic E-state index is 0.0419. The summed E-state index contributed by atoms with van der Waals surface area (Å²) in [7, 11) is 0. The van der Waals surface area contributed by atoms with E-state index in [4.69, 9.17) is 4.98 Å². The van der Waals surface area contributed by atoms with Crippen LogP contribution in [0.4, 0.5) is 4.79 Å². The minimum Gasteiger partial charge on any atom is -0.335 e. The van der Waals surface area contributed by atoms with E-state index < -0.39 is 11.9 Å². The van der Waals surface area contributed by atoms with Gasteiger partial charge in [0.25, 0.3) is 5.56 Å². The maximum absolute atomic E-state index is 13.5. The zero-order valence-electron chi connectivity index (χ0n) is 17.5. The highest BCUT2D eigenvalue weighted by atomic mass is 32.2. The molecule has 4 aromatic rings. The number of rotatable bonds is 6. The van der Waals surface area contributed by atoms with Gasteiger partial charge in [0.15, 0.2) is 5.16 Å². The van der Waals surface area contributed by atoms with Gasteiger partial charge in [0.1, 0.15) is 4.83 Å². The van der Waals surface area contributed by atoms with Crippen molar-refractivity contribution in [1.29, 1.82) is 0 Å². The fraction of sp³-hybridized carbons (Fsp3) is 0.167. The summed E-state index contributed by atoms with van der Waals surface area (Å²) in [4.78, 5) is 43.9. The first-order valence-corrected chi connectivity index (χ1v) is 12.3. The molecular weight excluding hydrogens is 456 g/mol. The highest BCUT2D eigenvalue weighted by molar-refractivity contribution is 7.99. The number of nitrogens with zero attached hydrogens (tertiary/aromatic N) is 2. The number of benzene rings is 2. The van der Waals surface area contributed by atoms with Crippen LogP contribution in [0.25, 0.3) is 26.3 Å². The lowest BCUT2D eigenvalue weighted by molar-refractivity contribution is -0.117. The number of imide groups is 1. The Hall–Kier alpha value is -3.43. The third-order valence-corrected chi connectivity index (χ3v) is 7.12. The highest BCUT2D eigenvalue weighted by Crippen LogP contribution is 2.32. The van der Waals surface area contributed by atoms with E-state index in [1.165, 1.54) is 15.9 Å². The minimum atomic E-state index is -0.488. The van der Waals surface area contributed by atoms with Gasteiger partial charge in [-0.2, -0.15) is 0 Å². The summed E-state index contributed by atoms with van der Waals surface area (Å²) in [6.45, 7) is 0. The van der Waals surface area contributed by atoms with Crippen molar-refractivity contribution in [2.75, 3.05) is 5.75 Å². The topological polar surface area (TPSA) is 93.1 Å². The van der Waals surface area contributed by atoms with Crippen LogP contribution in [0, 0.1) is 0 Å². The average Bonchev–Trinajstić information content (AvgIpc) is 3.53. The fourth-order valence-corrected chi connectivity index (χ4v) is 5.24. The van der Waals surface area contributed by atoms with Gasteiger partial charge in [-0.1, -0.05) is 60.3 Å². The number of hydrogen-bond donors (Lipinski definition) is 2. The van der Waals surface area contributed by atoms with Crippen molar-refractivity contribution in [3.8, 4) is 16.1 Å². The summed E-state index contributed by atoms with van der Waals surface area (Å²) >= 11 is 2.57. The number of para-hydroxylation sites is 1. The monoisotopic (exact) mass is 476 g/mol. The zero-order valence-corrected chi connectivity index (χ0v) is 19.1. The van der Waals surface area contributed by atoms with Crippen LogP contribution >= 0.6 is 23.1 Å². The normalized spacial score (nSPS) is 13.1. The second-order valence-corrected chi connectivity index (χ2v) is 9.62. The van der Waals surface area contributed by atoms with Gasteiger partial charge in [-0.3, -0.25) is 19.5 Å². The Bertz CT molecular complexity index is 1380. The van der Waals surface area contributed by atoms with Gasteiger partial charge < -0.3 is 5.32 Å². The SMILES string of the molecule is O=C(CSc1nc2sc(-c3ccccc3)cc2c(=O)n1-c1ccccc1)NC(=O)NC1CC1. The van der Waals surface area contributed by atoms with Crippen molar-refractivity contribution in [2.45, 2.75) is 24.0 Å². The molecule has 1 saturated carbocycles. The van der Waals surface area contributed by atoms with Gasteiger partial charge in [-0.05, 0) is 36.6 Å². The van der Waals surface area contributed by atoms with Gasteiger partial charge in [0, 0.05) is 10.9 Å². The second-order valence-electron chi connectivity index (χ2n) is 7.65. The molecule has 3 amide bonds. The van der Waals surface area contributed by atoms with E-state index in [0.29, 0.717) is 21.1 Å². The molecule has 0 saturated heterocycles. The first kappa shape index (κ1) is 21.4. The number of carbonyl (C=O) groups excluding carboxylic acids is 2. The summed E-state index contributed by atoms with van der Waals surface area (Å²) in [5.74, 6) is -0.483. The zero-order chi connectivity index (χ0) is 22.8. The maximum Gasteiger partial charge on any atom is 0.321 e. The second kappa shape index (κ2) is 9.21. The number of hydrogen-bond acceptors (Lipinski definition) is 6. The van der Waals surface area contributed by atoms with Crippen LogP contribution in [-0.2, 0) is 4.79 Å². The van der Waals surface area contributed by atoms with Crippen LogP contribution in [0.1, 0.15) is 12.8 Å². The largest absolute Gasteiger partial charge is 0.335 e. The summed E-state index contributed by atoms with van der Waals surface area (Å²) in [6.07, 6.45) is 1.88. The first-order chi connectivity index (χ1) is 16.1. The molecule has 0 spiro atoms. The van der Waals surface area contributed by atoms with Gasteiger partial charge in [0.05, 0.1) is 16.8 Å². The Morgan fingerprint density at radius 1 is 1.06 bits per heavy atom. The lowest BCUT2D eigenvalue weighted by Gasteiger charge is -2.12. The Morgan fingerprint density at radius 3 is 2.45 bits per heavy atom. The van der Waals surface area contributed by atoms with E-state index in [0.717, 1.165) is 35.0 Å². The van der Waals surface area contributed by atoms with E-state index in [1.54, 1.807) is 0 Å². The van der Waals surface area contributed by atoms with Crippen molar-refractivity contribution < 1.29 is 9.59 Å². The molecule has 1 aliphatic carbocycles. The van der Waals surface area contributed by atoms with Crippen molar-refractivity contribution in [3.05, 3.63) is 77.1 Å². The molecule has 9 heteroatoms. The molecule has 1 aliphatic rings. The third-order valence-electron chi connectivity index (χ3n) is 5.11. The number of thiophene rings is 1. The van der Waals surface area contributed by atoms with E-state index in [9.17, 15) is 14.4 Å². The summed E-state index contributed by atoms with van der Waals surface area (Å²) in [6, 6.07) is 20.6. The molecule has 0 aliphatic heterocycles.